The van der Waals surface area contributed by atoms with Crippen molar-refractivity contribution in [2.45, 2.75) is 39.2 Å². The van der Waals surface area contributed by atoms with Gasteiger partial charge in [-0.3, -0.25) is 5.32 Å². The van der Waals surface area contributed by atoms with E-state index in [1.54, 1.807) is 18.2 Å². The molecule has 1 atom stereocenters. The maximum atomic E-state index is 12.2. The lowest BCUT2D eigenvalue weighted by Crippen LogP contribution is -2.19. The first-order valence-corrected chi connectivity index (χ1v) is 9.18. The van der Waals surface area contributed by atoms with E-state index in [4.69, 9.17) is 9.26 Å². The van der Waals surface area contributed by atoms with Gasteiger partial charge in [-0.15, -0.1) is 0 Å². The molecule has 146 valence electrons. The van der Waals surface area contributed by atoms with E-state index >= 15 is 0 Å². The summed E-state index contributed by atoms with van der Waals surface area (Å²) in [5.74, 6) is 1.81. The number of hydrogen-bond donors (Lipinski definition) is 2. The molecule has 0 radical (unpaired) electrons. The Morgan fingerprint density at radius 3 is 2.32 bits per heavy atom. The average molecular weight is 379 g/mol. The third kappa shape index (κ3) is 5.13. The normalized spacial score (nSPS) is 12.3. The van der Waals surface area contributed by atoms with Crippen LogP contribution < -0.4 is 15.4 Å². The number of ether oxygens (including phenoxy) is 1. The standard InChI is InChI=1S/C22H25N3O3/c1-15(16-8-6-5-7-9-16)27-18-12-10-17(11-13-18)23-21(26)24-20-14-19(28-25-20)22(2,3)4/h5-15H,1-4H3,(H2,23,24,25,26). The van der Waals surface area contributed by atoms with Crippen LogP contribution in [0.1, 0.15) is 45.1 Å². The minimum absolute atomic E-state index is 0.0625. The van der Waals surface area contributed by atoms with Crippen LogP contribution in [0.2, 0.25) is 0 Å². The zero-order chi connectivity index (χ0) is 20.1. The summed E-state index contributed by atoms with van der Waals surface area (Å²) in [6.45, 7) is 8.04. The number of hydrogen-bond acceptors (Lipinski definition) is 4. The zero-order valence-corrected chi connectivity index (χ0v) is 16.5. The topological polar surface area (TPSA) is 76.4 Å². The van der Waals surface area contributed by atoms with E-state index in [1.165, 1.54) is 0 Å². The number of benzene rings is 2. The lowest BCUT2D eigenvalue weighted by Gasteiger charge is -2.15. The molecule has 2 amide bonds. The van der Waals surface area contributed by atoms with Crippen molar-refractivity contribution in [3.05, 3.63) is 72.0 Å². The van der Waals surface area contributed by atoms with Crippen molar-refractivity contribution in [1.29, 1.82) is 0 Å². The van der Waals surface area contributed by atoms with Crippen LogP contribution in [-0.4, -0.2) is 11.2 Å². The van der Waals surface area contributed by atoms with Crippen LogP contribution in [0.3, 0.4) is 0 Å². The Morgan fingerprint density at radius 2 is 1.71 bits per heavy atom. The molecular weight excluding hydrogens is 354 g/mol. The predicted octanol–water partition coefficient (Wildman–Crippen LogP) is 5.76. The summed E-state index contributed by atoms with van der Waals surface area (Å²) in [7, 11) is 0. The number of carbonyl (C=O) groups excluding carboxylic acids is 1. The second-order valence-corrected chi connectivity index (χ2v) is 7.60. The van der Waals surface area contributed by atoms with Gasteiger partial charge in [0.1, 0.15) is 17.6 Å². The molecule has 6 heteroatoms. The summed E-state index contributed by atoms with van der Waals surface area (Å²) in [4.78, 5) is 12.2. The summed E-state index contributed by atoms with van der Waals surface area (Å²) >= 11 is 0. The molecule has 3 aromatic rings. The largest absolute Gasteiger partial charge is 0.486 e. The highest BCUT2D eigenvalue weighted by atomic mass is 16.5. The number of rotatable bonds is 5. The Bertz CT molecular complexity index is 912. The Labute approximate surface area is 164 Å². The van der Waals surface area contributed by atoms with Crippen LogP contribution in [0, 0.1) is 0 Å². The molecule has 1 heterocycles. The molecule has 0 fully saturated rings. The SMILES string of the molecule is CC(Oc1ccc(NC(=O)Nc2cc(C(C)(C)C)on2)cc1)c1ccccc1. The summed E-state index contributed by atoms with van der Waals surface area (Å²) in [6, 6.07) is 18.6. The number of carbonyl (C=O) groups is 1. The Morgan fingerprint density at radius 1 is 1.04 bits per heavy atom. The molecule has 2 N–H and O–H groups in total. The maximum Gasteiger partial charge on any atom is 0.324 e. The van der Waals surface area contributed by atoms with Gasteiger partial charge in [-0.2, -0.15) is 0 Å². The molecule has 0 saturated heterocycles. The molecule has 0 bridgehead atoms. The number of amides is 2. The number of aromatic nitrogens is 1. The van der Waals surface area contributed by atoms with Crippen LogP contribution in [0.4, 0.5) is 16.3 Å². The molecule has 0 aliphatic heterocycles. The van der Waals surface area contributed by atoms with Crippen molar-refractivity contribution < 1.29 is 14.1 Å². The molecule has 3 rings (SSSR count). The molecule has 0 aliphatic rings. The second kappa shape index (κ2) is 8.17. The lowest BCUT2D eigenvalue weighted by molar-refractivity contribution is 0.227. The van der Waals surface area contributed by atoms with Gasteiger partial charge in [-0.25, -0.2) is 4.79 Å². The van der Waals surface area contributed by atoms with E-state index in [1.807, 2.05) is 70.2 Å². The van der Waals surface area contributed by atoms with Crippen molar-refractivity contribution in [3.63, 3.8) is 0 Å². The molecular formula is C22H25N3O3. The van der Waals surface area contributed by atoms with Gasteiger partial charge in [0.05, 0.1) is 0 Å². The van der Waals surface area contributed by atoms with E-state index < -0.39 is 0 Å². The zero-order valence-electron chi connectivity index (χ0n) is 16.5. The van der Waals surface area contributed by atoms with Crippen molar-refractivity contribution >= 4 is 17.5 Å². The van der Waals surface area contributed by atoms with Gasteiger partial charge in [0.15, 0.2) is 5.82 Å². The molecule has 1 unspecified atom stereocenters. The lowest BCUT2D eigenvalue weighted by atomic mass is 9.93. The number of nitrogens with one attached hydrogen (secondary N) is 2. The van der Waals surface area contributed by atoms with Crippen LogP contribution in [0.15, 0.2) is 65.2 Å². The molecule has 28 heavy (non-hydrogen) atoms. The quantitative estimate of drug-likeness (QED) is 0.591. The number of anilines is 2. The average Bonchev–Trinajstić information content (AvgIpc) is 3.13. The van der Waals surface area contributed by atoms with Crippen LogP contribution >= 0.6 is 0 Å². The van der Waals surface area contributed by atoms with Gasteiger partial charge in [-0.1, -0.05) is 56.3 Å². The fourth-order valence-electron chi connectivity index (χ4n) is 2.58. The molecule has 0 saturated carbocycles. The highest BCUT2D eigenvalue weighted by Crippen LogP contribution is 2.25. The van der Waals surface area contributed by atoms with Crippen molar-refractivity contribution in [2.24, 2.45) is 0 Å². The van der Waals surface area contributed by atoms with Gasteiger partial charge in [0.2, 0.25) is 0 Å². The summed E-state index contributed by atoms with van der Waals surface area (Å²) in [6.07, 6.45) is -0.0625. The first kappa shape index (κ1) is 19.5. The molecule has 0 spiro atoms. The molecule has 2 aromatic carbocycles. The van der Waals surface area contributed by atoms with Crippen molar-refractivity contribution in [3.8, 4) is 5.75 Å². The summed E-state index contributed by atoms with van der Waals surface area (Å²) in [5, 5.41) is 9.30. The van der Waals surface area contributed by atoms with Crippen molar-refractivity contribution in [1.82, 2.24) is 5.16 Å². The number of nitrogens with zero attached hydrogens (tertiary/aromatic N) is 1. The second-order valence-electron chi connectivity index (χ2n) is 7.60. The van der Waals surface area contributed by atoms with Gasteiger partial charge < -0.3 is 14.6 Å². The Hall–Kier alpha value is -3.28. The van der Waals surface area contributed by atoms with Crippen LogP contribution in [0.25, 0.3) is 0 Å². The Kier molecular flexibility index (Phi) is 5.68. The summed E-state index contributed by atoms with van der Waals surface area (Å²) in [5.41, 5.74) is 1.58. The first-order chi connectivity index (χ1) is 13.3. The minimum Gasteiger partial charge on any atom is -0.486 e. The highest BCUT2D eigenvalue weighted by Gasteiger charge is 2.20. The first-order valence-electron chi connectivity index (χ1n) is 9.18. The number of urea groups is 1. The minimum atomic E-state index is -0.389. The fraction of sp³-hybridized carbons (Fsp3) is 0.273. The van der Waals surface area contributed by atoms with E-state index in [0.29, 0.717) is 17.3 Å². The van der Waals surface area contributed by atoms with Gasteiger partial charge >= 0.3 is 6.03 Å². The fourth-order valence-corrected chi connectivity index (χ4v) is 2.58. The van der Waals surface area contributed by atoms with Gasteiger partial charge in [-0.05, 0) is 36.8 Å². The van der Waals surface area contributed by atoms with Gasteiger partial charge in [0.25, 0.3) is 0 Å². The van der Waals surface area contributed by atoms with Gasteiger partial charge in [0, 0.05) is 17.2 Å². The van der Waals surface area contributed by atoms with Crippen molar-refractivity contribution in [2.75, 3.05) is 10.6 Å². The molecule has 1 aromatic heterocycles. The Balaban J connectivity index is 1.55. The van der Waals surface area contributed by atoms with Crippen LogP contribution in [0.5, 0.6) is 5.75 Å². The third-order valence-corrected chi connectivity index (χ3v) is 4.18. The van der Waals surface area contributed by atoms with E-state index in [9.17, 15) is 4.79 Å². The summed E-state index contributed by atoms with van der Waals surface area (Å²) < 4.78 is 11.2. The van der Waals surface area contributed by atoms with E-state index in [-0.39, 0.29) is 17.6 Å². The third-order valence-electron chi connectivity index (χ3n) is 4.18. The van der Waals surface area contributed by atoms with E-state index in [2.05, 4.69) is 15.8 Å². The smallest absolute Gasteiger partial charge is 0.324 e. The maximum absolute atomic E-state index is 12.2. The molecule has 0 aliphatic carbocycles. The molecule has 6 nitrogen and oxygen atoms in total. The monoisotopic (exact) mass is 379 g/mol. The van der Waals surface area contributed by atoms with E-state index in [0.717, 1.165) is 11.3 Å². The van der Waals surface area contributed by atoms with Crippen LogP contribution in [-0.2, 0) is 5.41 Å². The highest BCUT2D eigenvalue weighted by molar-refractivity contribution is 5.99. The predicted molar refractivity (Wildman–Crippen MR) is 110 cm³/mol.